The molecule has 0 spiro atoms. The monoisotopic (exact) mass is 235 g/mol. The summed E-state index contributed by atoms with van der Waals surface area (Å²) in [6, 6.07) is 2.10. The Labute approximate surface area is 105 Å². The molecule has 1 heterocycles. The van der Waals surface area contributed by atoms with Crippen molar-refractivity contribution in [1.82, 2.24) is 4.98 Å². The van der Waals surface area contributed by atoms with Crippen LogP contribution in [0.2, 0.25) is 0 Å². The fourth-order valence-electron chi connectivity index (χ4n) is 1.41. The molecule has 1 rings (SSSR count). The van der Waals surface area contributed by atoms with Gasteiger partial charge < -0.3 is 10.6 Å². The minimum Gasteiger partial charge on any atom is -0.384 e. The van der Waals surface area contributed by atoms with Crippen molar-refractivity contribution in [3.63, 3.8) is 0 Å². The van der Waals surface area contributed by atoms with Crippen molar-refractivity contribution < 1.29 is 0 Å². The molecule has 1 aromatic rings. The quantitative estimate of drug-likeness (QED) is 0.818. The van der Waals surface area contributed by atoms with Crippen LogP contribution in [0.25, 0.3) is 0 Å². The number of hydrogen-bond donors (Lipinski definition) is 2. The van der Waals surface area contributed by atoms with E-state index in [0.717, 1.165) is 24.5 Å². The van der Waals surface area contributed by atoms with Gasteiger partial charge in [0.1, 0.15) is 0 Å². The molecule has 3 heteroatoms. The smallest absolute Gasteiger partial charge is 0.0547 e. The summed E-state index contributed by atoms with van der Waals surface area (Å²) in [5.41, 5.74) is 2.49. The minimum atomic E-state index is 0.333. The molecule has 0 aromatic carbocycles. The first kappa shape index (κ1) is 13.8. The highest BCUT2D eigenvalue weighted by Crippen LogP contribution is 2.25. The van der Waals surface area contributed by atoms with E-state index in [9.17, 15) is 0 Å². The molecule has 1 atom stereocenters. The first-order valence-electron chi connectivity index (χ1n) is 6.36. The molecular formula is C14H25N3. The number of nitrogens with zero attached hydrogens (tertiary/aromatic N) is 1. The first-order chi connectivity index (χ1) is 7.93. The van der Waals surface area contributed by atoms with Gasteiger partial charge in [0.05, 0.1) is 23.8 Å². The minimum absolute atomic E-state index is 0.333. The van der Waals surface area contributed by atoms with Gasteiger partial charge in [0.2, 0.25) is 0 Å². The Morgan fingerprint density at radius 2 is 1.76 bits per heavy atom. The summed E-state index contributed by atoms with van der Waals surface area (Å²) in [6.45, 7) is 13.1. The van der Waals surface area contributed by atoms with Crippen LogP contribution in [-0.2, 0) is 0 Å². The largest absolute Gasteiger partial charge is 0.384 e. The molecule has 0 saturated carbocycles. The normalized spacial score (nSPS) is 13.2. The van der Waals surface area contributed by atoms with E-state index >= 15 is 0 Å². The van der Waals surface area contributed by atoms with Crippen LogP contribution >= 0.6 is 0 Å². The third-order valence-electron chi connectivity index (χ3n) is 3.21. The lowest BCUT2D eigenvalue weighted by Gasteiger charge is -2.27. The van der Waals surface area contributed by atoms with E-state index in [2.05, 4.69) is 56.3 Å². The summed E-state index contributed by atoms with van der Waals surface area (Å²) < 4.78 is 0. The summed E-state index contributed by atoms with van der Waals surface area (Å²) in [6.07, 6.45) is 3.72. The Bertz CT molecular complexity index is 342. The number of rotatable bonds is 5. The first-order valence-corrected chi connectivity index (χ1v) is 6.36. The van der Waals surface area contributed by atoms with E-state index in [4.69, 9.17) is 0 Å². The van der Waals surface area contributed by atoms with Gasteiger partial charge in [-0.1, -0.05) is 27.7 Å². The van der Waals surface area contributed by atoms with Crippen LogP contribution in [-0.4, -0.2) is 18.1 Å². The third kappa shape index (κ3) is 4.63. The Morgan fingerprint density at radius 3 is 2.29 bits per heavy atom. The molecule has 3 nitrogen and oxygen atoms in total. The van der Waals surface area contributed by atoms with Gasteiger partial charge in [0.25, 0.3) is 0 Å². The maximum atomic E-state index is 4.22. The molecule has 0 aliphatic heterocycles. The van der Waals surface area contributed by atoms with Gasteiger partial charge in [-0.05, 0) is 24.3 Å². The van der Waals surface area contributed by atoms with Crippen molar-refractivity contribution >= 4 is 11.4 Å². The van der Waals surface area contributed by atoms with Gasteiger partial charge in [-0.3, -0.25) is 4.98 Å². The fraction of sp³-hybridized carbons (Fsp3) is 0.643. The van der Waals surface area contributed by atoms with Crippen molar-refractivity contribution in [3.8, 4) is 0 Å². The molecule has 0 aliphatic carbocycles. The molecule has 1 unspecified atom stereocenters. The molecule has 0 bridgehead atoms. The van der Waals surface area contributed by atoms with Crippen molar-refractivity contribution in [1.29, 1.82) is 0 Å². The molecule has 0 saturated heterocycles. The second kappa shape index (κ2) is 5.89. The van der Waals surface area contributed by atoms with E-state index in [0.29, 0.717) is 11.3 Å². The Kier molecular flexibility index (Phi) is 4.79. The van der Waals surface area contributed by atoms with E-state index in [-0.39, 0.29) is 0 Å². The van der Waals surface area contributed by atoms with Crippen LogP contribution < -0.4 is 10.6 Å². The summed E-state index contributed by atoms with van der Waals surface area (Å²) in [4.78, 5) is 4.22. The zero-order chi connectivity index (χ0) is 12.9. The summed E-state index contributed by atoms with van der Waals surface area (Å²) >= 11 is 0. The lowest BCUT2D eigenvalue weighted by atomic mass is 9.82. The van der Waals surface area contributed by atoms with Gasteiger partial charge in [-0.25, -0.2) is 0 Å². The van der Waals surface area contributed by atoms with E-state index in [1.54, 1.807) is 0 Å². The average Bonchev–Trinajstić information content (AvgIpc) is 2.25. The Balaban J connectivity index is 2.54. The summed E-state index contributed by atoms with van der Waals surface area (Å²) in [5.74, 6) is 0.616. The topological polar surface area (TPSA) is 37.0 Å². The van der Waals surface area contributed by atoms with Crippen molar-refractivity contribution in [2.75, 3.05) is 23.7 Å². The molecule has 0 fully saturated rings. The van der Waals surface area contributed by atoms with E-state index in [1.165, 1.54) is 0 Å². The molecule has 96 valence electrons. The van der Waals surface area contributed by atoms with Crippen molar-refractivity contribution in [2.24, 2.45) is 11.3 Å². The highest BCUT2D eigenvalue weighted by molar-refractivity contribution is 5.53. The molecule has 17 heavy (non-hydrogen) atoms. The standard InChI is InChI=1S/C14H25N3/c1-6-16-12-7-13(10-15-9-12)17-8-11(2)14(3,4)5/h7,9-11,16-17H,6,8H2,1-5H3. The van der Waals surface area contributed by atoms with Gasteiger partial charge in [0.15, 0.2) is 0 Å². The van der Waals surface area contributed by atoms with Crippen LogP contribution in [0, 0.1) is 11.3 Å². The van der Waals surface area contributed by atoms with Gasteiger partial charge >= 0.3 is 0 Å². The highest BCUT2D eigenvalue weighted by Gasteiger charge is 2.19. The number of aromatic nitrogens is 1. The van der Waals surface area contributed by atoms with Crippen LogP contribution in [0.4, 0.5) is 11.4 Å². The van der Waals surface area contributed by atoms with E-state index in [1.807, 2.05) is 12.4 Å². The van der Waals surface area contributed by atoms with Crippen molar-refractivity contribution in [3.05, 3.63) is 18.5 Å². The molecule has 0 aliphatic rings. The van der Waals surface area contributed by atoms with Crippen LogP contribution in [0.5, 0.6) is 0 Å². The Morgan fingerprint density at radius 1 is 1.18 bits per heavy atom. The SMILES string of the molecule is CCNc1cncc(NCC(C)C(C)(C)C)c1. The molecule has 2 N–H and O–H groups in total. The zero-order valence-electron chi connectivity index (χ0n) is 11.7. The van der Waals surface area contributed by atoms with Crippen LogP contribution in [0.15, 0.2) is 18.5 Å². The number of pyridine rings is 1. The van der Waals surface area contributed by atoms with Gasteiger partial charge in [0, 0.05) is 13.1 Å². The predicted octanol–water partition coefficient (Wildman–Crippen LogP) is 3.61. The van der Waals surface area contributed by atoms with E-state index < -0.39 is 0 Å². The average molecular weight is 235 g/mol. The molecule has 0 amide bonds. The number of nitrogens with one attached hydrogen (secondary N) is 2. The lowest BCUT2D eigenvalue weighted by molar-refractivity contribution is 0.274. The molecular weight excluding hydrogens is 210 g/mol. The maximum Gasteiger partial charge on any atom is 0.0547 e. The summed E-state index contributed by atoms with van der Waals surface area (Å²) in [7, 11) is 0. The van der Waals surface area contributed by atoms with Crippen molar-refractivity contribution in [2.45, 2.75) is 34.6 Å². The summed E-state index contributed by atoms with van der Waals surface area (Å²) in [5, 5.41) is 6.71. The highest BCUT2D eigenvalue weighted by atomic mass is 14.9. The zero-order valence-corrected chi connectivity index (χ0v) is 11.7. The number of anilines is 2. The lowest BCUT2D eigenvalue weighted by Crippen LogP contribution is -2.24. The fourth-order valence-corrected chi connectivity index (χ4v) is 1.41. The maximum absolute atomic E-state index is 4.22. The van der Waals surface area contributed by atoms with Gasteiger partial charge in [-0.2, -0.15) is 0 Å². The van der Waals surface area contributed by atoms with Crippen LogP contribution in [0.1, 0.15) is 34.6 Å². The molecule has 1 aromatic heterocycles. The third-order valence-corrected chi connectivity index (χ3v) is 3.21. The second-order valence-corrected chi connectivity index (χ2v) is 5.64. The predicted molar refractivity (Wildman–Crippen MR) is 75.5 cm³/mol. The van der Waals surface area contributed by atoms with Gasteiger partial charge in [-0.15, -0.1) is 0 Å². The van der Waals surface area contributed by atoms with Crippen LogP contribution in [0.3, 0.4) is 0 Å². The molecule has 0 radical (unpaired) electrons. The number of hydrogen-bond acceptors (Lipinski definition) is 3. The second-order valence-electron chi connectivity index (χ2n) is 5.64. The Hall–Kier alpha value is -1.25.